The molecule has 0 N–H and O–H groups in total. The highest BCUT2D eigenvalue weighted by Crippen LogP contribution is 2.36. The fourth-order valence-corrected chi connectivity index (χ4v) is 5.56. The number of carbonyl (C=O) groups excluding carboxylic acids is 1. The number of halogens is 1. The second-order valence-electron chi connectivity index (χ2n) is 4.98. The quantitative estimate of drug-likeness (QED) is 0.788. The Balaban J connectivity index is 1.99. The molecule has 0 saturated carbocycles. The van der Waals surface area contributed by atoms with E-state index in [1.807, 2.05) is 41.7 Å². The van der Waals surface area contributed by atoms with Crippen LogP contribution in [0.25, 0.3) is 0 Å². The van der Waals surface area contributed by atoms with Crippen molar-refractivity contribution in [3.8, 4) is 5.75 Å². The van der Waals surface area contributed by atoms with E-state index in [1.54, 1.807) is 7.11 Å². The first-order chi connectivity index (χ1) is 9.51. The van der Waals surface area contributed by atoms with Gasteiger partial charge in [0.1, 0.15) is 5.75 Å². The van der Waals surface area contributed by atoms with Gasteiger partial charge in [-0.25, -0.2) is 0 Å². The first-order valence-corrected chi connectivity index (χ1v) is 9.42. The summed E-state index contributed by atoms with van der Waals surface area (Å²) < 4.78 is 6.11. The van der Waals surface area contributed by atoms with Crippen LogP contribution in [0.2, 0.25) is 0 Å². The van der Waals surface area contributed by atoms with Crippen molar-refractivity contribution in [1.82, 2.24) is 0 Å². The maximum atomic E-state index is 12.4. The van der Waals surface area contributed by atoms with Crippen LogP contribution in [0.15, 0.2) is 22.7 Å². The second-order valence-corrected chi connectivity index (χ2v) is 8.83. The van der Waals surface area contributed by atoms with Crippen LogP contribution in [0.1, 0.15) is 19.4 Å². The number of carbonyl (C=O) groups is 1. The lowest BCUT2D eigenvalue weighted by Gasteiger charge is -2.30. The lowest BCUT2D eigenvalue weighted by molar-refractivity contribution is -0.117. The molecule has 2 rings (SSSR count). The zero-order chi connectivity index (χ0) is 14.7. The number of benzene rings is 1. The molecule has 0 bridgehead atoms. The molecule has 1 heterocycles. The third-order valence-electron chi connectivity index (χ3n) is 3.50. The third-order valence-corrected chi connectivity index (χ3v) is 7.56. The molecular weight excluding hydrogens is 356 g/mol. The van der Waals surface area contributed by atoms with Gasteiger partial charge in [0.2, 0.25) is 0 Å². The van der Waals surface area contributed by atoms with Crippen molar-refractivity contribution in [2.24, 2.45) is 0 Å². The molecule has 3 atom stereocenters. The van der Waals surface area contributed by atoms with Crippen LogP contribution >= 0.6 is 39.5 Å². The highest BCUT2D eigenvalue weighted by Gasteiger charge is 2.30. The molecule has 110 valence electrons. The largest absolute Gasteiger partial charge is 0.496 e. The number of hydrogen-bond donors (Lipinski definition) is 0. The molecular formula is C15H19BrO2S2. The molecule has 0 aliphatic carbocycles. The molecule has 1 aliphatic heterocycles. The zero-order valence-electron chi connectivity index (χ0n) is 11.9. The van der Waals surface area contributed by atoms with E-state index in [0.717, 1.165) is 21.5 Å². The fourth-order valence-electron chi connectivity index (χ4n) is 2.09. The topological polar surface area (TPSA) is 26.3 Å². The van der Waals surface area contributed by atoms with E-state index in [1.165, 1.54) is 0 Å². The van der Waals surface area contributed by atoms with Crippen LogP contribution in [0.3, 0.4) is 0 Å². The van der Waals surface area contributed by atoms with Gasteiger partial charge in [0.15, 0.2) is 5.78 Å². The van der Waals surface area contributed by atoms with Gasteiger partial charge in [-0.3, -0.25) is 4.79 Å². The van der Waals surface area contributed by atoms with Crippen molar-refractivity contribution in [2.45, 2.75) is 36.0 Å². The molecule has 0 spiro atoms. The molecule has 1 aliphatic rings. The number of ether oxygens (including phenoxy) is 1. The molecule has 0 radical (unpaired) electrons. The smallest absolute Gasteiger partial charge is 0.151 e. The summed E-state index contributed by atoms with van der Waals surface area (Å²) in [5, 5.41) is 1.32. The molecule has 2 nitrogen and oxygen atoms in total. The molecule has 0 aromatic heterocycles. The van der Waals surface area contributed by atoms with Gasteiger partial charge in [-0.15, -0.1) is 11.8 Å². The Morgan fingerprint density at radius 2 is 2.15 bits per heavy atom. The molecule has 1 saturated heterocycles. The standard InChI is InChI=1S/C15H19BrO2S2/c1-9-10(2)20-15(8-19-9)13(17)7-11-4-5-14(18-3)12(16)6-11/h4-6,9-10,15H,7-8H2,1-3H3. The predicted molar refractivity (Wildman–Crippen MR) is 92.2 cm³/mol. The Morgan fingerprint density at radius 1 is 1.40 bits per heavy atom. The summed E-state index contributed by atoms with van der Waals surface area (Å²) in [5.74, 6) is 2.07. The van der Waals surface area contributed by atoms with Crippen molar-refractivity contribution >= 4 is 45.2 Å². The average molecular weight is 375 g/mol. The van der Waals surface area contributed by atoms with E-state index in [0.29, 0.717) is 22.7 Å². The van der Waals surface area contributed by atoms with Crippen LogP contribution in [-0.2, 0) is 11.2 Å². The van der Waals surface area contributed by atoms with Crippen molar-refractivity contribution < 1.29 is 9.53 Å². The van der Waals surface area contributed by atoms with Crippen LogP contribution in [0, 0.1) is 0 Å². The van der Waals surface area contributed by atoms with Crippen molar-refractivity contribution in [2.75, 3.05) is 12.9 Å². The number of methoxy groups -OCH3 is 1. The molecule has 1 fully saturated rings. The van der Waals surface area contributed by atoms with Gasteiger partial charge < -0.3 is 4.74 Å². The van der Waals surface area contributed by atoms with E-state index in [4.69, 9.17) is 4.74 Å². The molecule has 3 unspecified atom stereocenters. The normalized spacial score (nSPS) is 26.3. The van der Waals surface area contributed by atoms with E-state index in [9.17, 15) is 4.79 Å². The van der Waals surface area contributed by atoms with E-state index in [-0.39, 0.29) is 5.25 Å². The molecule has 1 aromatic rings. The van der Waals surface area contributed by atoms with Gasteiger partial charge in [0, 0.05) is 22.7 Å². The van der Waals surface area contributed by atoms with Crippen LogP contribution < -0.4 is 4.74 Å². The maximum Gasteiger partial charge on any atom is 0.151 e. The van der Waals surface area contributed by atoms with E-state index >= 15 is 0 Å². The average Bonchev–Trinajstić information content (AvgIpc) is 2.42. The summed E-state index contributed by atoms with van der Waals surface area (Å²) in [5.41, 5.74) is 1.04. The fraction of sp³-hybridized carbons (Fsp3) is 0.533. The summed E-state index contributed by atoms with van der Waals surface area (Å²) >= 11 is 7.20. The minimum absolute atomic E-state index is 0.132. The minimum Gasteiger partial charge on any atom is -0.496 e. The van der Waals surface area contributed by atoms with Gasteiger partial charge >= 0.3 is 0 Å². The summed E-state index contributed by atoms with van der Waals surface area (Å²) in [6.45, 7) is 4.45. The number of thioether (sulfide) groups is 2. The highest BCUT2D eigenvalue weighted by molar-refractivity contribution is 9.10. The highest BCUT2D eigenvalue weighted by atomic mass is 79.9. The van der Waals surface area contributed by atoms with E-state index in [2.05, 4.69) is 29.8 Å². The predicted octanol–water partition coefficient (Wildman–Crippen LogP) is 4.19. The van der Waals surface area contributed by atoms with Crippen LogP contribution in [0.5, 0.6) is 5.75 Å². The Bertz CT molecular complexity index is 493. The van der Waals surface area contributed by atoms with Crippen molar-refractivity contribution in [3.63, 3.8) is 0 Å². The second kappa shape index (κ2) is 7.23. The molecule has 5 heteroatoms. The summed E-state index contributed by atoms with van der Waals surface area (Å²) in [7, 11) is 1.64. The van der Waals surface area contributed by atoms with Crippen molar-refractivity contribution in [1.29, 1.82) is 0 Å². The zero-order valence-corrected chi connectivity index (χ0v) is 15.1. The van der Waals surface area contributed by atoms with E-state index < -0.39 is 0 Å². The number of ketones is 1. The van der Waals surface area contributed by atoms with Gasteiger partial charge in [0.25, 0.3) is 0 Å². The summed E-state index contributed by atoms with van der Waals surface area (Å²) in [4.78, 5) is 12.4. The van der Waals surface area contributed by atoms with Gasteiger partial charge in [0.05, 0.1) is 16.8 Å². The number of hydrogen-bond acceptors (Lipinski definition) is 4. The summed E-state index contributed by atoms with van der Waals surface area (Å²) in [6, 6.07) is 5.85. The Morgan fingerprint density at radius 3 is 2.75 bits per heavy atom. The molecule has 20 heavy (non-hydrogen) atoms. The first kappa shape index (κ1) is 16.2. The SMILES string of the molecule is COc1ccc(CC(=O)C2CSC(C)C(C)S2)cc1Br. The van der Waals surface area contributed by atoms with Gasteiger partial charge in [-0.1, -0.05) is 19.9 Å². The molecule has 1 aromatic carbocycles. The van der Waals surface area contributed by atoms with Gasteiger partial charge in [-0.05, 0) is 33.6 Å². The number of rotatable bonds is 4. The maximum absolute atomic E-state index is 12.4. The van der Waals surface area contributed by atoms with Gasteiger partial charge in [-0.2, -0.15) is 11.8 Å². The minimum atomic E-state index is 0.132. The Labute approximate surface area is 137 Å². The summed E-state index contributed by atoms with van der Waals surface area (Å²) in [6.07, 6.45) is 0.502. The lowest BCUT2D eigenvalue weighted by Crippen LogP contribution is -2.32. The molecule has 0 amide bonds. The Kier molecular flexibility index (Phi) is 5.87. The third kappa shape index (κ3) is 3.95. The van der Waals surface area contributed by atoms with Crippen molar-refractivity contribution in [3.05, 3.63) is 28.2 Å². The lowest BCUT2D eigenvalue weighted by atomic mass is 10.1. The monoisotopic (exact) mass is 374 g/mol. The first-order valence-electron chi connectivity index (χ1n) is 6.63. The van der Waals surface area contributed by atoms with Crippen LogP contribution in [0.4, 0.5) is 0 Å². The van der Waals surface area contributed by atoms with Crippen LogP contribution in [-0.4, -0.2) is 34.4 Å². The Hall–Kier alpha value is -0.130. The number of Topliss-reactive ketones (excluding diaryl/α,β-unsaturated/α-hetero) is 1.